The number of para-hydroxylation sites is 1. The van der Waals surface area contributed by atoms with Crippen LogP contribution >= 0.6 is 11.6 Å². The van der Waals surface area contributed by atoms with Crippen LogP contribution in [0.5, 0.6) is 0 Å². The molecule has 6 nitrogen and oxygen atoms in total. The summed E-state index contributed by atoms with van der Waals surface area (Å²) in [5.41, 5.74) is 1.49. The van der Waals surface area contributed by atoms with Crippen LogP contribution in [0.4, 0.5) is 5.69 Å². The predicted molar refractivity (Wildman–Crippen MR) is 114 cm³/mol. The predicted octanol–water partition coefficient (Wildman–Crippen LogP) is 5.06. The van der Waals surface area contributed by atoms with E-state index in [9.17, 15) is 14.4 Å². The van der Waals surface area contributed by atoms with Crippen LogP contribution in [0, 0.1) is 0 Å². The molecule has 4 aromatic rings. The Hall–Kier alpha value is -3.90. The minimum Gasteiger partial charge on any atom is -0.478 e. The molecule has 0 bridgehead atoms. The Labute approximate surface area is 175 Å². The number of amides is 1. The Kier molecular flexibility index (Phi) is 5.08. The highest BCUT2D eigenvalue weighted by Crippen LogP contribution is 2.24. The molecule has 2 N–H and O–H groups in total. The number of aromatic carboxylic acids is 1. The smallest absolute Gasteiger partial charge is 0.344 e. The van der Waals surface area contributed by atoms with E-state index in [1.54, 1.807) is 42.5 Å². The summed E-state index contributed by atoms with van der Waals surface area (Å²) < 4.78 is 5.37. The molecule has 0 unspecified atom stereocenters. The zero-order valence-electron chi connectivity index (χ0n) is 15.4. The topological polar surface area (TPSA) is 96.6 Å². The van der Waals surface area contributed by atoms with E-state index in [1.807, 2.05) is 12.1 Å². The Morgan fingerprint density at radius 1 is 0.933 bits per heavy atom. The zero-order valence-corrected chi connectivity index (χ0v) is 16.1. The van der Waals surface area contributed by atoms with Crippen LogP contribution in [0.2, 0.25) is 5.02 Å². The van der Waals surface area contributed by atoms with E-state index in [2.05, 4.69) is 5.32 Å². The number of rotatable bonds is 4. The molecule has 0 aliphatic heterocycles. The summed E-state index contributed by atoms with van der Waals surface area (Å²) >= 11 is 5.95. The molecule has 3 aromatic carbocycles. The van der Waals surface area contributed by atoms with Crippen molar-refractivity contribution in [3.8, 4) is 11.1 Å². The lowest BCUT2D eigenvalue weighted by Gasteiger charge is -2.08. The van der Waals surface area contributed by atoms with Crippen molar-refractivity contribution in [3.63, 3.8) is 0 Å². The van der Waals surface area contributed by atoms with Crippen molar-refractivity contribution in [2.45, 2.75) is 0 Å². The van der Waals surface area contributed by atoms with E-state index in [0.29, 0.717) is 28.0 Å². The molecule has 4 rings (SSSR count). The highest BCUT2D eigenvalue weighted by molar-refractivity contribution is 6.33. The van der Waals surface area contributed by atoms with Gasteiger partial charge in [0.2, 0.25) is 0 Å². The Morgan fingerprint density at radius 2 is 1.73 bits per heavy atom. The highest BCUT2D eigenvalue weighted by Gasteiger charge is 2.13. The number of fused-ring (bicyclic) bond motifs is 1. The second-order valence-corrected chi connectivity index (χ2v) is 6.93. The van der Waals surface area contributed by atoms with Gasteiger partial charge in [-0.3, -0.25) is 4.79 Å². The maximum Gasteiger partial charge on any atom is 0.344 e. The second kappa shape index (κ2) is 7.85. The van der Waals surface area contributed by atoms with Crippen LogP contribution < -0.4 is 10.9 Å². The number of hydrogen-bond donors (Lipinski definition) is 2. The van der Waals surface area contributed by atoms with E-state index >= 15 is 0 Å². The van der Waals surface area contributed by atoms with E-state index in [-0.39, 0.29) is 10.6 Å². The molecule has 0 radical (unpaired) electrons. The largest absolute Gasteiger partial charge is 0.478 e. The van der Waals surface area contributed by atoms with Gasteiger partial charge in [0, 0.05) is 16.6 Å². The minimum atomic E-state index is -1.15. The first kappa shape index (κ1) is 19.4. The van der Waals surface area contributed by atoms with E-state index in [1.165, 1.54) is 18.2 Å². The van der Waals surface area contributed by atoms with Crippen molar-refractivity contribution >= 4 is 40.1 Å². The first-order valence-electron chi connectivity index (χ1n) is 8.90. The number of halogens is 1. The van der Waals surface area contributed by atoms with E-state index in [4.69, 9.17) is 21.1 Å². The number of carbonyl (C=O) groups excluding carboxylic acids is 1. The molecule has 1 heterocycles. The fourth-order valence-corrected chi connectivity index (χ4v) is 3.32. The zero-order chi connectivity index (χ0) is 21.3. The fraction of sp³-hybridized carbons (Fsp3) is 0. The fourth-order valence-electron chi connectivity index (χ4n) is 3.06. The van der Waals surface area contributed by atoms with Crippen molar-refractivity contribution in [3.05, 3.63) is 99.4 Å². The van der Waals surface area contributed by atoms with Gasteiger partial charge in [0.1, 0.15) is 5.58 Å². The molecular formula is C23H14ClNO5. The molecule has 7 heteroatoms. The molecule has 148 valence electrons. The molecule has 1 aromatic heterocycles. The summed E-state index contributed by atoms with van der Waals surface area (Å²) in [6.45, 7) is 0. The van der Waals surface area contributed by atoms with Gasteiger partial charge < -0.3 is 14.8 Å². The van der Waals surface area contributed by atoms with Crippen molar-refractivity contribution in [2.75, 3.05) is 5.32 Å². The normalized spacial score (nSPS) is 10.7. The standard InChI is InChI=1S/C23H14ClNO5/c24-19-12-16(8-9-17(19)22(27)28)25-21(26)15-6-3-5-13(10-15)18-11-14-4-1-2-7-20(14)30-23(18)29/h1-12H,(H,25,26)(H,27,28). The van der Waals surface area contributed by atoms with Crippen molar-refractivity contribution in [1.82, 2.24) is 0 Å². The van der Waals surface area contributed by atoms with Gasteiger partial charge in [0.05, 0.1) is 16.1 Å². The Morgan fingerprint density at radius 3 is 2.50 bits per heavy atom. The van der Waals surface area contributed by atoms with Gasteiger partial charge in [-0.1, -0.05) is 41.9 Å². The van der Waals surface area contributed by atoms with Crippen LogP contribution in [0.15, 0.2) is 82.0 Å². The number of anilines is 1. The van der Waals surface area contributed by atoms with Crippen LogP contribution in [-0.4, -0.2) is 17.0 Å². The lowest BCUT2D eigenvalue weighted by Crippen LogP contribution is -2.12. The molecule has 0 aliphatic carbocycles. The molecule has 0 fully saturated rings. The van der Waals surface area contributed by atoms with Gasteiger partial charge in [0.25, 0.3) is 5.91 Å². The lowest BCUT2D eigenvalue weighted by molar-refractivity contribution is 0.0697. The third-order valence-corrected chi connectivity index (χ3v) is 4.85. The number of carboxylic acids is 1. The van der Waals surface area contributed by atoms with Crippen LogP contribution in [0.1, 0.15) is 20.7 Å². The van der Waals surface area contributed by atoms with Crippen molar-refractivity contribution in [1.29, 1.82) is 0 Å². The number of benzene rings is 3. The highest BCUT2D eigenvalue weighted by atomic mass is 35.5. The second-order valence-electron chi connectivity index (χ2n) is 6.52. The first-order valence-corrected chi connectivity index (χ1v) is 9.28. The minimum absolute atomic E-state index is 0.0165. The van der Waals surface area contributed by atoms with Gasteiger partial charge in [-0.05, 0) is 48.0 Å². The third kappa shape index (κ3) is 3.81. The maximum atomic E-state index is 12.7. The Bertz CT molecular complexity index is 1360. The number of hydrogen-bond acceptors (Lipinski definition) is 4. The summed E-state index contributed by atoms with van der Waals surface area (Å²) in [6, 6.07) is 19.6. The van der Waals surface area contributed by atoms with Crippen LogP contribution in [-0.2, 0) is 0 Å². The number of carboxylic acid groups (broad SMARTS) is 1. The maximum absolute atomic E-state index is 12.7. The summed E-state index contributed by atoms with van der Waals surface area (Å²) in [7, 11) is 0. The quantitative estimate of drug-likeness (QED) is 0.450. The molecule has 0 saturated carbocycles. The first-order chi connectivity index (χ1) is 14.4. The molecule has 1 amide bonds. The number of carbonyl (C=O) groups is 2. The molecular weight excluding hydrogens is 406 g/mol. The van der Waals surface area contributed by atoms with Crippen molar-refractivity contribution < 1.29 is 19.1 Å². The summed E-state index contributed by atoms with van der Waals surface area (Å²) in [5, 5.41) is 12.5. The average Bonchev–Trinajstić information content (AvgIpc) is 2.73. The molecule has 0 spiro atoms. The number of nitrogens with one attached hydrogen (secondary N) is 1. The molecule has 0 atom stereocenters. The summed E-state index contributed by atoms with van der Waals surface area (Å²) in [5.74, 6) is -1.58. The van der Waals surface area contributed by atoms with E-state index in [0.717, 1.165) is 5.39 Å². The van der Waals surface area contributed by atoms with Gasteiger partial charge in [-0.15, -0.1) is 0 Å². The van der Waals surface area contributed by atoms with Gasteiger partial charge >= 0.3 is 11.6 Å². The van der Waals surface area contributed by atoms with Gasteiger partial charge in [0.15, 0.2) is 0 Å². The van der Waals surface area contributed by atoms with E-state index < -0.39 is 17.5 Å². The average molecular weight is 420 g/mol. The van der Waals surface area contributed by atoms with Crippen molar-refractivity contribution in [2.24, 2.45) is 0 Å². The third-order valence-electron chi connectivity index (χ3n) is 4.53. The van der Waals surface area contributed by atoms with Gasteiger partial charge in [-0.2, -0.15) is 0 Å². The lowest BCUT2D eigenvalue weighted by atomic mass is 10.0. The van der Waals surface area contributed by atoms with Gasteiger partial charge in [-0.25, -0.2) is 9.59 Å². The molecule has 0 aliphatic rings. The summed E-state index contributed by atoms with van der Waals surface area (Å²) in [6.07, 6.45) is 0. The summed E-state index contributed by atoms with van der Waals surface area (Å²) in [4.78, 5) is 36.1. The SMILES string of the molecule is O=C(Nc1ccc(C(=O)O)c(Cl)c1)c1cccc(-c2cc3ccccc3oc2=O)c1. The molecule has 30 heavy (non-hydrogen) atoms. The van der Waals surface area contributed by atoms with Crippen LogP contribution in [0.25, 0.3) is 22.1 Å². The van der Waals surface area contributed by atoms with Crippen LogP contribution in [0.3, 0.4) is 0 Å². The monoisotopic (exact) mass is 419 g/mol. The Balaban J connectivity index is 1.64. The molecule has 0 saturated heterocycles.